The van der Waals surface area contributed by atoms with Crippen molar-refractivity contribution in [2.45, 2.75) is 32.2 Å². The highest BCUT2D eigenvalue weighted by Gasteiger charge is 2.16. The zero-order valence-electron chi connectivity index (χ0n) is 16.6. The third kappa shape index (κ3) is 7.27. The van der Waals surface area contributed by atoms with Gasteiger partial charge in [0.15, 0.2) is 6.61 Å². The lowest BCUT2D eigenvalue weighted by Gasteiger charge is -2.18. The standard InChI is InChI=1S/C22H24F2N2O4/c1-2-6-19(15-7-4-3-5-8-15)26-20(27)14-30-21(28)11-12-25-22(29)17-10-9-16(23)13-18(17)24/h3-5,7-10,13,19H,2,6,11-12,14H2,1H3,(H,25,29)(H,26,27). The molecular formula is C22H24F2N2O4. The van der Waals surface area contributed by atoms with Crippen LogP contribution in [0.3, 0.4) is 0 Å². The fourth-order valence-electron chi connectivity index (χ4n) is 2.80. The minimum atomic E-state index is -0.994. The van der Waals surface area contributed by atoms with Gasteiger partial charge in [0.2, 0.25) is 0 Å². The van der Waals surface area contributed by atoms with Crippen LogP contribution in [0.25, 0.3) is 0 Å². The fourth-order valence-corrected chi connectivity index (χ4v) is 2.80. The number of halogens is 2. The van der Waals surface area contributed by atoms with E-state index >= 15 is 0 Å². The van der Waals surface area contributed by atoms with Crippen molar-refractivity contribution in [1.29, 1.82) is 0 Å². The second-order valence-electron chi connectivity index (χ2n) is 6.61. The molecule has 0 fully saturated rings. The van der Waals surface area contributed by atoms with Crippen molar-refractivity contribution in [2.75, 3.05) is 13.2 Å². The Hall–Kier alpha value is -3.29. The van der Waals surface area contributed by atoms with Crippen LogP contribution in [0.1, 0.15) is 48.1 Å². The summed E-state index contributed by atoms with van der Waals surface area (Å²) in [5, 5.41) is 5.18. The first kappa shape index (κ1) is 23.0. The average molecular weight is 418 g/mol. The first-order valence-corrected chi connectivity index (χ1v) is 9.64. The Kier molecular flexibility index (Phi) is 8.93. The number of carbonyl (C=O) groups is 3. The van der Waals surface area contributed by atoms with Crippen molar-refractivity contribution >= 4 is 17.8 Å². The van der Waals surface area contributed by atoms with Crippen molar-refractivity contribution in [1.82, 2.24) is 10.6 Å². The van der Waals surface area contributed by atoms with Gasteiger partial charge >= 0.3 is 5.97 Å². The van der Waals surface area contributed by atoms with Gasteiger partial charge in [-0.1, -0.05) is 43.7 Å². The molecule has 6 nitrogen and oxygen atoms in total. The van der Waals surface area contributed by atoms with E-state index in [2.05, 4.69) is 10.6 Å². The number of hydrogen-bond acceptors (Lipinski definition) is 4. The van der Waals surface area contributed by atoms with Gasteiger partial charge in [0, 0.05) is 12.6 Å². The first-order valence-electron chi connectivity index (χ1n) is 9.64. The summed E-state index contributed by atoms with van der Waals surface area (Å²) in [5.41, 5.74) is 0.641. The Morgan fingerprint density at radius 1 is 1.07 bits per heavy atom. The molecule has 160 valence electrons. The van der Waals surface area contributed by atoms with E-state index in [1.165, 1.54) is 0 Å². The highest BCUT2D eigenvalue weighted by Crippen LogP contribution is 2.17. The zero-order chi connectivity index (χ0) is 21.9. The van der Waals surface area contributed by atoms with Crippen molar-refractivity contribution < 1.29 is 27.9 Å². The van der Waals surface area contributed by atoms with E-state index in [0.717, 1.165) is 30.5 Å². The molecule has 2 amide bonds. The number of amides is 2. The Balaban J connectivity index is 1.73. The Morgan fingerprint density at radius 3 is 2.47 bits per heavy atom. The highest BCUT2D eigenvalue weighted by atomic mass is 19.1. The van der Waals surface area contributed by atoms with Crippen LogP contribution in [0.5, 0.6) is 0 Å². The molecule has 30 heavy (non-hydrogen) atoms. The highest BCUT2D eigenvalue weighted by molar-refractivity contribution is 5.94. The summed E-state index contributed by atoms with van der Waals surface area (Å²) in [6.07, 6.45) is 1.42. The van der Waals surface area contributed by atoms with E-state index in [-0.39, 0.29) is 24.6 Å². The van der Waals surface area contributed by atoms with Gasteiger partial charge in [-0.05, 0) is 24.1 Å². The van der Waals surface area contributed by atoms with Gasteiger partial charge in [-0.15, -0.1) is 0 Å². The number of hydrogen-bond donors (Lipinski definition) is 2. The van der Waals surface area contributed by atoms with Gasteiger partial charge in [0.25, 0.3) is 11.8 Å². The van der Waals surface area contributed by atoms with Crippen molar-refractivity contribution in [2.24, 2.45) is 0 Å². The molecule has 8 heteroatoms. The van der Waals surface area contributed by atoms with Crippen molar-refractivity contribution in [3.63, 3.8) is 0 Å². The van der Waals surface area contributed by atoms with Crippen LogP contribution in [0.4, 0.5) is 8.78 Å². The number of ether oxygens (including phenoxy) is 1. The van der Waals surface area contributed by atoms with Crippen LogP contribution in [0, 0.1) is 11.6 Å². The molecule has 0 saturated carbocycles. The van der Waals surface area contributed by atoms with Crippen molar-refractivity contribution in [3.05, 3.63) is 71.3 Å². The number of rotatable bonds is 10. The number of carbonyl (C=O) groups excluding carboxylic acids is 3. The second kappa shape index (κ2) is 11.6. The summed E-state index contributed by atoms with van der Waals surface area (Å²) >= 11 is 0. The van der Waals surface area contributed by atoms with E-state index < -0.39 is 36.0 Å². The quantitative estimate of drug-likeness (QED) is 0.580. The van der Waals surface area contributed by atoms with E-state index in [1.807, 2.05) is 37.3 Å². The largest absolute Gasteiger partial charge is 0.456 e. The lowest BCUT2D eigenvalue weighted by atomic mass is 10.0. The third-order valence-corrected chi connectivity index (χ3v) is 4.27. The molecule has 2 aromatic carbocycles. The molecule has 2 aromatic rings. The lowest BCUT2D eigenvalue weighted by molar-refractivity contribution is -0.148. The van der Waals surface area contributed by atoms with Crippen molar-refractivity contribution in [3.8, 4) is 0 Å². The number of esters is 1. The normalized spacial score (nSPS) is 11.4. The average Bonchev–Trinajstić information content (AvgIpc) is 2.72. The Bertz CT molecular complexity index is 875. The maximum atomic E-state index is 13.5. The minimum Gasteiger partial charge on any atom is -0.456 e. The molecule has 0 radical (unpaired) electrons. The summed E-state index contributed by atoms with van der Waals surface area (Å²) < 4.78 is 31.3. The molecule has 1 atom stereocenters. The topological polar surface area (TPSA) is 84.5 Å². The summed E-state index contributed by atoms with van der Waals surface area (Å²) in [6, 6.07) is 11.9. The molecule has 0 spiro atoms. The molecule has 0 aliphatic rings. The van der Waals surface area contributed by atoms with Gasteiger partial charge in [-0.3, -0.25) is 14.4 Å². The second-order valence-corrected chi connectivity index (χ2v) is 6.61. The molecule has 0 aliphatic carbocycles. The maximum absolute atomic E-state index is 13.5. The predicted octanol–water partition coefficient (Wildman–Crippen LogP) is 3.29. The van der Waals surface area contributed by atoms with Crippen LogP contribution in [-0.2, 0) is 14.3 Å². The Labute approximate surface area is 173 Å². The van der Waals surface area contributed by atoms with Gasteiger partial charge < -0.3 is 15.4 Å². The van der Waals surface area contributed by atoms with E-state index in [4.69, 9.17) is 4.74 Å². The van der Waals surface area contributed by atoms with Crippen LogP contribution >= 0.6 is 0 Å². The molecule has 0 aliphatic heterocycles. The maximum Gasteiger partial charge on any atom is 0.308 e. The van der Waals surface area contributed by atoms with E-state index in [0.29, 0.717) is 6.07 Å². The Morgan fingerprint density at radius 2 is 1.80 bits per heavy atom. The fraction of sp³-hybridized carbons (Fsp3) is 0.318. The van der Waals surface area contributed by atoms with Gasteiger partial charge in [-0.25, -0.2) is 8.78 Å². The lowest BCUT2D eigenvalue weighted by Crippen LogP contribution is -2.33. The summed E-state index contributed by atoms with van der Waals surface area (Å²) in [7, 11) is 0. The summed E-state index contributed by atoms with van der Waals surface area (Å²) in [6.45, 7) is 1.46. The minimum absolute atomic E-state index is 0.113. The molecule has 0 heterocycles. The molecule has 0 saturated heterocycles. The summed E-state index contributed by atoms with van der Waals surface area (Å²) in [4.78, 5) is 35.7. The molecule has 2 N–H and O–H groups in total. The van der Waals surface area contributed by atoms with Crippen LogP contribution < -0.4 is 10.6 Å². The predicted molar refractivity (Wildman–Crippen MR) is 107 cm³/mol. The molecule has 2 rings (SSSR count). The van der Waals surface area contributed by atoms with E-state index in [9.17, 15) is 23.2 Å². The molecule has 0 aromatic heterocycles. The first-order chi connectivity index (χ1) is 14.4. The number of nitrogens with one attached hydrogen (secondary N) is 2. The monoisotopic (exact) mass is 418 g/mol. The van der Waals surface area contributed by atoms with Gasteiger partial charge in [0.1, 0.15) is 11.6 Å². The molecule has 1 unspecified atom stereocenters. The van der Waals surface area contributed by atoms with E-state index in [1.54, 1.807) is 0 Å². The van der Waals surface area contributed by atoms with Crippen LogP contribution in [0.2, 0.25) is 0 Å². The summed E-state index contributed by atoms with van der Waals surface area (Å²) in [5.74, 6) is -3.67. The smallest absolute Gasteiger partial charge is 0.308 e. The van der Waals surface area contributed by atoms with Crippen LogP contribution in [0.15, 0.2) is 48.5 Å². The molecule has 0 bridgehead atoms. The molecular weight excluding hydrogens is 394 g/mol. The number of benzene rings is 2. The SMILES string of the molecule is CCCC(NC(=O)COC(=O)CCNC(=O)c1ccc(F)cc1F)c1ccccc1. The van der Waals surface area contributed by atoms with Gasteiger partial charge in [-0.2, -0.15) is 0 Å². The van der Waals surface area contributed by atoms with Gasteiger partial charge in [0.05, 0.1) is 18.0 Å². The third-order valence-electron chi connectivity index (χ3n) is 4.27. The zero-order valence-corrected chi connectivity index (χ0v) is 16.6. The van der Waals surface area contributed by atoms with Crippen LogP contribution in [-0.4, -0.2) is 30.9 Å².